The molecule has 0 radical (unpaired) electrons. The number of hydrogen-bond donors (Lipinski definition) is 0. The average molecular weight is 256 g/mol. The van der Waals surface area contributed by atoms with E-state index in [9.17, 15) is 4.39 Å². The number of nitrogens with zero attached hydrogens (tertiary/aromatic N) is 1. The van der Waals surface area contributed by atoms with Crippen LogP contribution in [0, 0.1) is 12.7 Å². The molecule has 0 spiro atoms. The summed E-state index contributed by atoms with van der Waals surface area (Å²) < 4.78 is 13.4. The molecule has 2 aromatic rings. The van der Waals surface area contributed by atoms with E-state index in [-0.39, 0.29) is 5.82 Å². The van der Waals surface area contributed by atoms with Gasteiger partial charge in [0.25, 0.3) is 0 Å². The Balaban J connectivity index is 2.54. The molecule has 16 heavy (non-hydrogen) atoms. The Morgan fingerprint density at radius 3 is 2.19 bits per heavy atom. The highest BCUT2D eigenvalue weighted by Crippen LogP contribution is 2.26. The first-order chi connectivity index (χ1) is 7.56. The van der Waals surface area contributed by atoms with Crippen LogP contribution in [0.4, 0.5) is 4.39 Å². The van der Waals surface area contributed by atoms with Crippen molar-refractivity contribution in [1.29, 1.82) is 0 Å². The average Bonchev–Trinajstić information content (AvgIpc) is 2.20. The predicted octanol–water partition coefficient (Wildman–Crippen LogP) is 4.50. The largest absolute Gasteiger partial charge is 0.224 e. The fraction of sp³-hybridized carbons (Fsp3) is 0.0833. The molecule has 0 atom stereocenters. The van der Waals surface area contributed by atoms with Crippen molar-refractivity contribution in [3.05, 3.63) is 52.0 Å². The van der Waals surface area contributed by atoms with Gasteiger partial charge in [-0.2, -0.15) is 0 Å². The molecule has 0 aliphatic heterocycles. The molecule has 1 nitrogen and oxygen atoms in total. The molecule has 0 saturated carbocycles. The van der Waals surface area contributed by atoms with Gasteiger partial charge in [0.2, 0.25) is 0 Å². The summed E-state index contributed by atoms with van der Waals surface area (Å²) in [5, 5.41) is 0.590. The summed E-state index contributed by atoms with van der Waals surface area (Å²) in [5.74, 6) is -0.249. The van der Waals surface area contributed by atoms with Crippen molar-refractivity contribution in [3.8, 4) is 11.1 Å². The first kappa shape index (κ1) is 11.4. The lowest BCUT2D eigenvalue weighted by atomic mass is 10.1. The third kappa shape index (κ3) is 2.34. The number of pyridine rings is 1. The number of benzene rings is 1. The molecular weight excluding hydrogens is 248 g/mol. The minimum atomic E-state index is -0.249. The highest BCUT2D eigenvalue weighted by atomic mass is 35.5. The van der Waals surface area contributed by atoms with Crippen LogP contribution in [0.25, 0.3) is 11.1 Å². The summed E-state index contributed by atoms with van der Waals surface area (Å²) in [6, 6.07) is 8.29. The van der Waals surface area contributed by atoms with Crippen LogP contribution in [0.5, 0.6) is 0 Å². The van der Waals surface area contributed by atoms with Crippen molar-refractivity contribution >= 4 is 23.2 Å². The summed E-state index contributed by atoms with van der Waals surface area (Å²) in [7, 11) is 0. The van der Waals surface area contributed by atoms with Crippen LogP contribution in [-0.4, -0.2) is 4.98 Å². The fourth-order valence-corrected chi connectivity index (χ4v) is 1.86. The highest BCUT2D eigenvalue weighted by Gasteiger charge is 2.05. The number of rotatable bonds is 1. The molecule has 0 aliphatic carbocycles. The van der Waals surface area contributed by atoms with Gasteiger partial charge in [-0.05, 0) is 41.8 Å². The van der Waals surface area contributed by atoms with Crippen molar-refractivity contribution in [2.45, 2.75) is 6.92 Å². The Morgan fingerprint density at radius 1 is 1.00 bits per heavy atom. The minimum absolute atomic E-state index is 0.249. The zero-order valence-electron chi connectivity index (χ0n) is 8.47. The van der Waals surface area contributed by atoms with Gasteiger partial charge in [0, 0.05) is 0 Å². The fourth-order valence-electron chi connectivity index (χ4n) is 1.40. The molecule has 4 heteroatoms. The van der Waals surface area contributed by atoms with Gasteiger partial charge in [0.05, 0.1) is 0 Å². The van der Waals surface area contributed by atoms with E-state index in [2.05, 4.69) is 4.98 Å². The van der Waals surface area contributed by atoms with E-state index in [1.54, 1.807) is 25.1 Å². The molecule has 1 aromatic heterocycles. The third-order valence-corrected chi connectivity index (χ3v) is 2.66. The monoisotopic (exact) mass is 255 g/mol. The summed E-state index contributed by atoms with van der Waals surface area (Å²) in [6.45, 7) is 1.71. The molecule has 2 rings (SSSR count). The second kappa shape index (κ2) is 4.40. The van der Waals surface area contributed by atoms with Gasteiger partial charge >= 0.3 is 0 Å². The van der Waals surface area contributed by atoms with Crippen molar-refractivity contribution in [1.82, 2.24) is 4.98 Å². The predicted molar refractivity (Wildman–Crippen MR) is 64.4 cm³/mol. The Hall–Kier alpha value is -1.12. The van der Waals surface area contributed by atoms with Crippen LogP contribution >= 0.6 is 23.2 Å². The Kier molecular flexibility index (Phi) is 3.13. The first-order valence-corrected chi connectivity index (χ1v) is 5.41. The molecule has 0 bridgehead atoms. The number of aryl methyl sites for hydroxylation is 1. The third-order valence-electron chi connectivity index (χ3n) is 2.27. The van der Waals surface area contributed by atoms with E-state index < -0.39 is 0 Å². The molecular formula is C12H8Cl2FN. The van der Waals surface area contributed by atoms with Crippen molar-refractivity contribution in [2.24, 2.45) is 0 Å². The Labute approximate surface area is 103 Å². The zero-order chi connectivity index (χ0) is 11.7. The van der Waals surface area contributed by atoms with E-state index in [1.165, 1.54) is 6.07 Å². The van der Waals surface area contributed by atoms with Crippen molar-refractivity contribution in [3.63, 3.8) is 0 Å². The molecule has 0 N–H and O–H groups in total. The van der Waals surface area contributed by atoms with Crippen LogP contribution in [0.1, 0.15) is 5.56 Å². The standard InChI is InChI=1S/C12H8Cl2FN/c1-7-2-3-8(4-10(7)15)9-5-11(13)16-12(14)6-9/h2-6H,1H3. The van der Waals surface area contributed by atoms with Gasteiger partial charge in [-0.1, -0.05) is 35.3 Å². The van der Waals surface area contributed by atoms with Crippen LogP contribution in [0.2, 0.25) is 10.3 Å². The SMILES string of the molecule is Cc1ccc(-c2cc(Cl)nc(Cl)c2)cc1F. The van der Waals surface area contributed by atoms with Gasteiger partial charge < -0.3 is 0 Å². The highest BCUT2D eigenvalue weighted by molar-refractivity contribution is 6.32. The molecule has 0 amide bonds. The summed E-state index contributed by atoms with van der Waals surface area (Å²) in [4.78, 5) is 3.84. The maximum atomic E-state index is 13.4. The lowest BCUT2D eigenvalue weighted by molar-refractivity contribution is 0.619. The second-order valence-corrected chi connectivity index (χ2v) is 4.24. The van der Waals surface area contributed by atoms with E-state index >= 15 is 0 Å². The van der Waals surface area contributed by atoms with E-state index in [0.29, 0.717) is 15.9 Å². The second-order valence-electron chi connectivity index (χ2n) is 3.47. The normalized spacial score (nSPS) is 10.5. The topological polar surface area (TPSA) is 12.9 Å². The molecule has 1 aromatic carbocycles. The summed E-state index contributed by atoms with van der Waals surface area (Å²) in [5.41, 5.74) is 2.09. The lowest BCUT2D eigenvalue weighted by Gasteiger charge is -2.04. The molecule has 0 unspecified atom stereocenters. The van der Waals surface area contributed by atoms with Gasteiger partial charge in [0.1, 0.15) is 16.1 Å². The van der Waals surface area contributed by atoms with Crippen LogP contribution < -0.4 is 0 Å². The smallest absolute Gasteiger partial charge is 0.131 e. The van der Waals surface area contributed by atoms with Crippen LogP contribution in [-0.2, 0) is 0 Å². The maximum absolute atomic E-state index is 13.4. The molecule has 1 heterocycles. The number of hydrogen-bond acceptors (Lipinski definition) is 1. The number of aromatic nitrogens is 1. The van der Waals surface area contributed by atoms with E-state index in [1.807, 2.05) is 6.07 Å². The minimum Gasteiger partial charge on any atom is -0.224 e. The van der Waals surface area contributed by atoms with Crippen molar-refractivity contribution < 1.29 is 4.39 Å². The van der Waals surface area contributed by atoms with Crippen LogP contribution in [0.15, 0.2) is 30.3 Å². The Morgan fingerprint density at radius 2 is 1.62 bits per heavy atom. The van der Waals surface area contributed by atoms with Crippen molar-refractivity contribution in [2.75, 3.05) is 0 Å². The summed E-state index contributed by atoms with van der Waals surface area (Å²) in [6.07, 6.45) is 0. The van der Waals surface area contributed by atoms with Crippen LogP contribution in [0.3, 0.4) is 0 Å². The molecule has 0 fully saturated rings. The first-order valence-electron chi connectivity index (χ1n) is 4.66. The Bertz CT molecular complexity index is 520. The lowest BCUT2D eigenvalue weighted by Crippen LogP contribution is -1.86. The summed E-state index contributed by atoms with van der Waals surface area (Å²) >= 11 is 11.6. The van der Waals surface area contributed by atoms with Gasteiger partial charge in [-0.25, -0.2) is 9.37 Å². The molecule has 82 valence electrons. The van der Waals surface area contributed by atoms with E-state index in [0.717, 1.165) is 11.1 Å². The maximum Gasteiger partial charge on any atom is 0.131 e. The van der Waals surface area contributed by atoms with E-state index in [4.69, 9.17) is 23.2 Å². The van der Waals surface area contributed by atoms with Gasteiger partial charge in [0.15, 0.2) is 0 Å². The van der Waals surface area contributed by atoms with Gasteiger partial charge in [-0.3, -0.25) is 0 Å². The molecule has 0 aliphatic rings. The number of halogens is 3. The molecule has 0 saturated heterocycles. The zero-order valence-corrected chi connectivity index (χ0v) is 9.98. The quantitative estimate of drug-likeness (QED) is 0.684. The van der Waals surface area contributed by atoms with Gasteiger partial charge in [-0.15, -0.1) is 0 Å².